The lowest BCUT2D eigenvalue weighted by Crippen LogP contribution is -2.28. The van der Waals surface area contributed by atoms with Crippen LogP contribution >= 0.6 is 0 Å². The fourth-order valence-electron chi connectivity index (χ4n) is 3.52. The van der Waals surface area contributed by atoms with Crippen LogP contribution in [0.25, 0.3) is 0 Å². The van der Waals surface area contributed by atoms with Gasteiger partial charge in [-0.25, -0.2) is 0 Å². The maximum absolute atomic E-state index is 11.4. The first kappa shape index (κ1) is 17.3. The first-order valence-corrected chi connectivity index (χ1v) is 9.94. The van der Waals surface area contributed by atoms with E-state index in [9.17, 15) is 4.21 Å². The SMILES string of the molecule is CN1CC[C@@H](CNCc2ccc([S@@](C)=O)cc2)[C@@H]1c1cccnc1. The van der Waals surface area contributed by atoms with Gasteiger partial charge in [0.2, 0.25) is 0 Å². The Morgan fingerprint density at radius 3 is 2.75 bits per heavy atom. The van der Waals surface area contributed by atoms with Crippen molar-refractivity contribution in [3.63, 3.8) is 0 Å². The summed E-state index contributed by atoms with van der Waals surface area (Å²) in [5.41, 5.74) is 2.53. The van der Waals surface area contributed by atoms with Gasteiger partial charge in [0.1, 0.15) is 0 Å². The average Bonchev–Trinajstić information content (AvgIpc) is 2.97. The van der Waals surface area contributed by atoms with Gasteiger partial charge in [-0.05, 0) is 55.3 Å². The van der Waals surface area contributed by atoms with Crippen molar-refractivity contribution >= 4 is 10.8 Å². The smallest absolute Gasteiger partial charge is 0.0498 e. The molecule has 0 aliphatic carbocycles. The van der Waals surface area contributed by atoms with E-state index in [-0.39, 0.29) is 0 Å². The van der Waals surface area contributed by atoms with Gasteiger partial charge in [0.25, 0.3) is 0 Å². The molecule has 1 N–H and O–H groups in total. The van der Waals surface area contributed by atoms with Gasteiger partial charge in [-0.1, -0.05) is 18.2 Å². The van der Waals surface area contributed by atoms with Crippen LogP contribution in [0.4, 0.5) is 0 Å². The van der Waals surface area contributed by atoms with Crippen LogP contribution in [0.15, 0.2) is 53.7 Å². The largest absolute Gasteiger partial charge is 0.312 e. The molecule has 1 saturated heterocycles. The maximum Gasteiger partial charge on any atom is 0.0498 e. The van der Waals surface area contributed by atoms with Crippen LogP contribution in [0.3, 0.4) is 0 Å². The highest BCUT2D eigenvalue weighted by Gasteiger charge is 2.32. The van der Waals surface area contributed by atoms with E-state index in [2.05, 4.69) is 40.4 Å². The van der Waals surface area contributed by atoms with E-state index in [0.717, 1.165) is 24.5 Å². The molecule has 24 heavy (non-hydrogen) atoms. The van der Waals surface area contributed by atoms with Crippen molar-refractivity contribution in [3.05, 3.63) is 59.9 Å². The van der Waals surface area contributed by atoms with Gasteiger partial charge >= 0.3 is 0 Å². The fraction of sp³-hybridized carbons (Fsp3) is 0.421. The molecule has 0 bridgehead atoms. The van der Waals surface area contributed by atoms with Crippen molar-refractivity contribution in [1.82, 2.24) is 15.2 Å². The Labute approximate surface area is 146 Å². The van der Waals surface area contributed by atoms with Crippen molar-refractivity contribution in [1.29, 1.82) is 0 Å². The lowest BCUT2D eigenvalue weighted by molar-refractivity contribution is 0.271. The minimum atomic E-state index is -0.907. The van der Waals surface area contributed by atoms with E-state index >= 15 is 0 Å². The molecule has 0 radical (unpaired) electrons. The van der Waals surface area contributed by atoms with Gasteiger partial charge < -0.3 is 5.32 Å². The normalized spacial score (nSPS) is 22.6. The minimum Gasteiger partial charge on any atom is -0.312 e. The molecule has 2 heterocycles. The fourth-order valence-corrected chi connectivity index (χ4v) is 4.04. The summed E-state index contributed by atoms with van der Waals surface area (Å²) < 4.78 is 11.4. The molecule has 128 valence electrons. The second-order valence-electron chi connectivity index (χ2n) is 6.49. The van der Waals surface area contributed by atoms with E-state index < -0.39 is 10.8 Å². The lowest BCUT2D eigenvalue weighted by Gasteiger charge is -2.25. The molecule has 1 aliphatic rings. The number of hydrogen-bond donors (Lipinski definition) is 1. The predicted octanol–water partition coefficient (Wildman–Crippen LogP) is 2.60. The van der Waals surface area contributed by atoms with E-state index in [0.29, 0.717) is 12.0 Å². The van der Waals surface area contributed by atoms with Crippen molar-refractivity contribution in [2.24, 2.45) is 5.92 Å². The molecular formula is C19H25N3OS. The van der Waals surface area contributed by atoms with E-state index in [1.165, 1.54) is 17.5 Å². The standard InChI is InChI=1S/C19H25N3OS/c1-22-11-9-17(19(22)16-4-3-10-20-13-16)14-21-12-15-5-7-18(8-6-15)24(2)23/h3-8,10,13,17,19,21H,9,11-12,14H2,1-2H3/t17-,19-,24+/m0/s1. The summed E-state index contributed by atoms with van der Waals surface area (Å²) in [6, 6.07) is 12.7. The number of nitrogens with one attached hydrogen (secondary N) is 1. The Hall–Kier alpha value is -1.56. The Bertz CT molecular complexity index is 675. The third-order valence-electron chi connectivity index (χ3n) is 4.79. The summed E-state index contributed by atoms with van der Waals surface area (Å²) in [5.74, 6) is 0.599. The highest BCUT2D eigenvalue weighted by Crippen LogP contribution is 2.35. The summed E-state index contributed by atoms with van der Waals surface area (Å²) in [7, 11) is 1.29. The number of pyridine rings is 1. The van der Waals surface area contributed by atoms with Gasteiger partial charge in [0, 0.05) is 53.5 Å². The molecule has 0 unspecified atom stereocenters. The second-order valence-corrected chi connectivity index (χ2v) is 7.87. The number of nitrogens with zero attached hydrogens (tertiary/aromatic N) is 2. The van der Waals surface area contributed by atoms with Crippen LogP contribution < -0.4 is 5.32 Å². The van der Waals surface area contributed by atoms with E-state index in [1.54, 1.807) is 6.26 Å². The van der Waals surface area contributed by atoms with Crippen LogP contribution in [-0.2, 0) is 17.3 Å². The van der Waals surface area contributed by atoms with Crippen molar-refractivity contribution in [2.75, 3.05) is 26.4 Å². The molecule has 5 heteroatoms. The highest BCUT2D eigenvalue weighted by molar-refractivity contribution is 7.84. The molecule has 1 aliphatic heterocycles. The van der Waals surface area contributed by atoms with Gasteiger partial charge in [0.05, 0.1) is 0 Å². The zero-order valence-corrected chi connectivity index (χ0v) is 15.1. The van der Waals surface area contributed by atoms with E-state index in [1.807, 2.05) is 30.6 Å². The van der Waals surface area contributed by atoms with Crippen molar-refractivity contribution < 1.29 is 4.21 Å². The average molecular weight is 343 g/mol. The zero-order valence-electron chi connectivity index (χ0n) is 14.3. The minimum absolute atomic E-state index is 0.441. The molecule has 0 spiro atoms. The topological polar surface area (TPSA) is 45.2 Å². The Morgan fingerprint density at radius 1 is 1.29 bits per heavy atom. The molecule has 4 nitrogen and oxygen atoms in total. The summed E-state index contributed by atoms with van der Waals surface area (Å²) >= 11 is 0. The number of likely N-dealkylation sites (tertiary alicyclic amines) is 1. The molecule has 0 amide bonds. The third kappa shape index (κ3) is 4.09. The number of benzene rings is 1. The van der Waals surface area contributed by atoms with Gasteiger partial charge in [-0.2, -0.15) is 0 Å². The third-order valence-corrected chi connectivity index (χ3v) is 5.73. The Balaban J connectivity index is 1.56. The van der Waals surface area contributed by atoms with Crippen LogP contribution in [0, 0.1) is 5.92 Å². The lowest BCUT2D eigenvalue weighted by atomic mass is 9.94. The maximum atomic E-state index is 11.4. The first-order valence-electron chi connectivity index (χ1n) is 8.38. The number of aromatic nitrogens is 1. The predicted molar refractivity (Wildman–Crippen MR) is 98.2 cm³/mol. The highest BCUT2D eigenvalue weighted by atomic mass is 32.2. The second kappa shape index (κ2) is 8.01. The number of hydrogen-bond acceptors (Lipinski definition) is 4. The van der Waals surface area contributed by atoms with Gasteiger partial charge in [-0.3, -0.25) is 14.1 Å². The quantitative estimate of drug-likeness (QED) is 0.876. The summed E-state index contributed by atoms with van der Waals surface area (Å²) in [4.78, 5) is 7.58. The van der Waals surface area contributed by atoms with Gasteiger partial charge in [-0.15, -0.1) is 0 Å². The van der Waals surface area contributed by atoms with E-state index in [4.69, 9.17) is 0 Å². The van der Waals surface area contributed by atoms with Crippen molar-refractivity contribution in [3.8, 4) is 0 Å². The van der Waals surface area contributed by atoms with Crippen molar-refractivity contribution in [2.45, 2.75) is 23.9 Å². The van der Waals surface area contributed by atoms with Gasteiger partial charge in [0.15, 0.2) is 0 Å². The monoisotopic (exact) mass is 343 g/mol. The number of rotatable bonds is 6. The molecule has 0 saturated carbocycles. The molecule has 3 rings (SSSR count). The van der Waals surface area contributed by atoms with Crippen LogP contribution in [0.1, 0.15) is 23.6 Å². The van der Waals surface area contributed by atoms with Crippen LogP contribution in [-0.4, -0.2) is 40.5 Å². The molecule has 1 aromatic carbocycles. The summed E-state index contributed by atoms with van der Waals surface area (Å²) in [6.07, 6.45) is 6.74. The molecular weight excluding hydrogens is 318 g/mol. The van der Waals surface area contributed by atoms with Crippen LogP contribution in [0.5, 0.6) is 0 Å². The Morgan fingerprint density at radius 2 is 2.08 bits per heavy atom. The summed E-state index contributed by atoms with van der Waals surface area (Å²) in [6.45, 7) is 2.96. The molecule has 1 aromatic heterocycles. The van der Waals surface area contributed by atoms with Crippen LogP contribution in [0.2, 0.25) is 0 Å². The molecule has 2 aromatic rings. The molecule has 1 fully saturated rings. The Kier molecular flexibility index (Phi) is 5.76. The first-order chi connectivity index (χ1) is 11.6. The zero-order chi connectivity index (χ0) is 16.9. The molecule has 3 atom stereocenters. The summed E-state index contributed by atoms with van der Waals surface area (Å²) in [5, 5.41) is 3.59.